The van der Waals surface area contributed by atoms with Crippen LogP contribution in [0.25, 0.3) is 10.9 Å². The molecule has 1 aromatic heterocycles. The van der Waals surface area contributed by atoms with E-state index in [1.54, 1.807) is 30.3 Å². The van der Waals surface area contributed by atoms with E-state index >= 15 is 0 Å². The largest absolute Gasteiger partial charge is 0.489 e. The lowest BCUT2D eigenvalue weighted by Gasteiger charge is -2.28. The molecule has 2 aromatic carbocycles. The predicted molar refractivity (Wildman–Crippen MR) is 151 cm³/mol. The summed E-state index contributed by atoms with van der Waals surface area (Å²) in [5.41, 5.74) is -0.420. The number of para-hydroxylation sites is 2. The number of hydrogen-bond donors (Lipinski definition) is 3. The fourth-order valence-electron chi connectivity index (χ4n) is 4.45. The molecule has 0 saturated heterocycles. The van der Waals surface area contributed by atoms with Gasteiger partial charge in [-0.1, -0.05) is 61.5 Å². The Balaban J connectivity index is 1.56. The fraction of sp³-hybridized carbons (Fsp3) is 0.333. The van der Waals surface area contributed by atoms with Gasteiger partial charge in [-0.15, -0.1) is 0 Å². The highest BCUT2D eigenvalue weighted by Gasteiger charge is 2.50. The Morgan fingerprint density at radius 1 is 1.00 bits per heavy atom. The summed E-state index contributed by atoms with van der Waals surface area (Å²) in [4.78, 5) is 60.3. The molecule has 3 aromatic rings. The van der Waals surface area contributed by atoms with Gasteiger partial charge in [0.15, 0.2) is 5.78 Å². The van der Waals surface area contributed by atoms with Crippen molar-refractivity contribution in [2.45, 2.75) is 51.3 Å². The molecule has 11 nitrogen and oxygen atoms in total. The van der Waals surface area contributed by atoms with Crippen LogP contribution in [0.4, 0.5) is 0 Å². The van der Waals surface area contributed by atoms with Crippen LogP contribution in [0.1, 0.15) is 44.1 Å². The lowest BCUT2D eigenvalue weighted by atomic mass is 9.89. The van der Waals surface area contributed by atoms with Gasteiger partial charge in [0.25, 0.3) is 17.4 Å². The van der Waals surface area contributed by atoms with Gasteiger partial charge in [0.2, 0.25) is 0 Å². The van der Waals surface area contributed by atoms with Crippen LogP contribution in [-0.2, 0) is 19.2 Å². The third-order valence-electron chi connectivity index (χ3n) is 6.75. The number of hydrogen-bond acceptors (Lipinski definition) is 8. The van der Waals surface area contributed by atoms with Crippen molar-refractivity contribution in [3.63, 3.8) is 0 Å². The minimum atomic E-state index is -1.71. The van der Waals surface area contributed by atoms with E-state index < -0.39 is 47.7 Å². The van der Waals surface area contributed by atoms with E-state index in [1.807, 2.05) is 50.2 Å². The van der Waals surface area contributed by atoms with Gasteiger partial charge in [0, 0.05) is 11.8 Å². The highest BCUT2D eigenvalue weighted by Crippen LogP contribution is 2.29. The van der Waals surface area contributed by atoms with Gasteiger partial charge >= 0.3 is 5.97 Å². The number of nitrogens with one attached hydrogen (secondary N) is 2. The van der Waals surface area contributed by atoms with Crippen molar-refractivity contribution in [2.24, 2.45) is 11.1 Å². The number of oxime groups is 1. The number of aliphatic carboxylic acids is 1. The lowest BCUT2D eigenvalue weighted by Crippen LogP contribution is -2.56. The second-order valence-electron chi connectivity index (χ2n) is 10.3. The molecule has 0 radical (unpaired) electrons. The quantitative estimate of drug-likeness (QED) is 0.305. The number of ether oxygens (including phenoxy) is 1. The summed E-state index contributed by atoms with van der Waals surface area (Å²) in [7, 11) is 0. The van der Waals surface area contributed by atoms with Crippen molar-refractivity contribution in [3.8, 4) is 5.75 Å². The zero-order valence-corrected chi connectivity index (χ0v) is 23.0. The first-order valence-electron chi connectivity index (χ1n) is 13.2. The smallest absolute Gasteiger partial charge is 0.305 e. The van der Waals surface area contributed by atoms with Crippen molar-refractivity contribution < 1.29 is 33.9 Å². The van der Waals surface area contributed by atoms with E-state index in [1.165, 1.54) is 6.92 Å². The van der Waals surface area contributed by atoms with Gasteiger partial charge in [0.05, 0.1) is 29.7 Å². The second-order valence-corrected chi connectivity index (χ2v) is 10.3. The molecule has 2 unspecified atom stereocenters. The zero-order valence-electron chi connectivity index (χ0n) is 23.0. The maximum atomic E-state index is 13.6. The monoisotopic (exact) mass is 560 g/mol. The maximum Gasteiger partial charge on any atom is 0.305 e. The van der Waals surface area contributed by atoms with Crippen LogP contribution >= 0.6 is 0 Å². The molecular weight excluding hydrogens is 528 g/mol. The van der Waals surface area contributed by atoms with Gasteiger partial charge in [-0.25, -0.2) is 4.98 Å². The van der Waals surface area contributed by atoms with E-state index in [4.69, 9.17) is 9.57 Å². The molecule has 3 N–H and O–H groups in total. The van der Waals surface area contributed by atoms with Gasteiger partial charge in [-0.2, -0.15) is 0 Å². The average Bonchev–Trinajstić information content (AvgIpc) is 3.39. The third-order valence-corrected chi connectivity index (χ3v) is 6.75. The predicted octanol–water partition coefficient (Wildman–Crippen LogP) is 3.13. The number of carbonyl (C=O) groups excluding carboxylic acids is 3. The number of ketones is 1. The van der Waals surface area contributed by atoms with Crippen molar-refractivity contribution in [3.05, 3.63) is 72.4 Å². The second kappa shape index (κ2) is 12.6. The highest BCUT2D eigenvalue weighted by molar-refractivity contribution is 6.03. The van der Waals surface area contributed by atoms with Crippen LogP contribution in [0.3, 0.4) is 0 Å². The van der Waals surface area contributed by atoms with Crippen LogP contribution in [-0.4, -0.2) is 63.7 Å². The van der Waals surface area contributed by atoms with E-state index in [2.05, 4.69) is 20.8 Å². The summed E-state index contributed by atoms with van der Waals surface area (Å²) < 4.78 is 5.86. The highest BCUT2D eigenvalue weighted by atomic mass is 16.7. The molecule has 41 heavy (non-hydrogen) atoms. The van der Waals surface area contributed by atoms with Crippen LogP contribution in [0.5, 0.6) is 5.75 Å². The van der Waals surface area contributed by atoms with Crippen molar-refractivity contribution in [1.82, 2.24) is 15.6 Å². The minimum Gasteiger partial charge on any atom is -0.489 e. The number of carbonyl (C=O) groups is 4. The van der Waals surface area contributed by atoms with E-state index in [0.29, 0.717) is 17.0 Å². The number of amides is 2. The maximum absolute atomic E-state index is 13.6. The number of pyridine rings is 1. The molecule has 0 saturated carbocycles. The van der Waals surface area contributed by atoms with Crippen LogP contribution in [0.2, 0.25) is 0 Å². The molecule has 2 amide bonds. The zero-order chi connectivity index (χ0) is 29.6. The Morgan fingerprint density at radius 3 is 2.39 bits per heavy atom. The Hall–Kier alpha value is -4.80. The summed E-state index contributed by atoms with van der Waals surface area (Å²) >= 11 is 0. The fourth-order valence-corrected chi connectivity index (χ4v) is 4.45. The van der Waals surface area contributed by atoms with Crippen LogP contribution in [0.15, 0.2) is 71.9 Å². The first-order valence-corrected chi connectivity index (χ1v) is 13.2. The molecule has 11 heteroatoms. The Bertz CT molecular complexity index is 1470. The summed E-state index contributed by atoms with van der Waals surface area (Å²) in [6.07, 6.45) is -0.661. The molecule has 0 fully saturated rings. The topological polar surface area (TPSA) is 156 Å². The van der Waals surface area contributed by atoms with E-state index in [0.717, 1.165) is 5.39 Å². The summed E-state index contributed by atoms with van der Waals surface area (Å²) in [6.45, 7) is 4.70. The van der Waals surface area contributed by atoms with Crippen LogP contribution in [0, 0.1) is 5.92 Å². The number of benzene rings is 2. The SMILES string of the molecule is CC(=O)[C@H](CC(=O)O)NC(=O)C1(COc2ccccc2)CC(C(NC(=O)c2ccc3ccccc3n2)C(C)C)=NO1. The van der Waals surface area contributed by atoms with Crippen molar-refractivity contribution >= 4 is 40.2 Å². The summed E-state index contributed by atoms with van der Waals surface area (Å²) in [5.74, 6) is -2.60. The molecule has 0 bridgehead atoms. The van der Waals surface area contributed by atoms with Gasteiger partial charge < -0.3 is 25.3 Å². The molecule has 0 spiro atoms. The van der Waals surface area contributed by atoms with Gasteiger partial charge in [-0.05, 0) is 37.1 Å². The number of carboxylic acids is 1. The first kappa shape index (κ1) is 29.2. The number of rotatable bonds is 12. The Morgan fingerprint density at radius 2 is 1.71 bits per heavy atom. The van der Waals surface area contributed by atoms with Crippen LogP contribution < -0.4 is 15.4 Å². The Labute approximate surface area is 236 Å². The molecule has 1 aliphatic heterocycles. The normalized spacial score (nSPS) is 17.7. The van der Waals surface area contributed by atoms with Crippen molar-refractivity contribution in [1.29, 1.82) is 0 Å². The molecule has 2 heterocycles. The molecule has 0 aliphatic carbocycles. The van der Waals surface area contributed by atoms with Gasteiger partial charge in [-0.3, -0.25) is 19.2 Å². The van der Waals surface area contributed by atoms with Crippen molar-refractivity contribution in [2.75, 3.05) is 6.61 Å². The summed E-state index contributed by atoms with van der Waals surface area (Å²) in [6, 6.07) is 17.8. The molecule has 1 aliphatic rings. The summed E-state index contributed by atoms with van der Waals surface area (Å²) in [5, 5.41) is 19.8. The molecular formula is C30H32N4O7. The number of aromatic nitrogens is 1. The van der Waals surface area contributed by atoms with E-state index in [-0.39, 0.29) is 24.6 Å². The van der Waals surface area contributed by atoms with Gasteiger partial charge in [0.1, 0.15) is 18.1 Å². The average molecular weight is 561 g/mol. The molecule has 4 rings (SSSR count). The minimum absolute atomic E-state index is 0.0718. The number of fused-ring (bicyclic) bond motifs is 1. The molecule has 3 atom stereocenters. The molecule has 214 valence electrons. The standard InChI is InChI=1S/C30H32N4O7/c1-18(2)27(33-28(38)23-14-13-20-9-7-8-12-22(20)31-23)25-16-30(41-34-25,17-40-21-10-5-4-6-11-21)29(39)32-24(19(3)35)15-26(36)37/h4-14,18,24,27H,15-17H2,1-3H3,(H,32,39)(H,33,38)(H,36,37)/t24-,27?,30?/m0/s1. The number of nitrogens with zero attached hydrogens (tertiary/aromatic N) is 2. The first-order chi connectivity index (χ1) is 19.6. The van der Waals surface area contributed by atoms with E-state index in [9.17, 15) is 24.3 Å². The lowest BCUT2D eigenvalue weighted by molar-refractivity contribution is -0.150. The Kier molecular flexibility index (Phi) is 8.96. The number of Topliss-reactive ketones (excluding diaryl/α,β-unsaturated/α-hetero) is 1. The third kappa shape index (κ3) is 7.05. The number of carboxylic acid groups (broad SMARTS) is 1.